The Morgan fingerprint density at radius 3 is 2.68 bits per heavy atom. The van der Waals surface area contributed by atoms with Gasteiger partial charge < -0.3 is 11.1 Å². The number of aryl methyl sites for hydroxylation is 1. The summed E-state index contributed by atoms with van der Waals surface area (Å²) in [4.78, 5) is 8.74. The fraction of sp³-hybridized carbons (Fsp3) is 0.333. The van der Waals surface area contributed by atoms with Crippen LogP contribution in [0.4, 0.5) is 11.5 Å². The number of nitrogens with zero attached hydrogens (tertiary/aromatic N) is 2. The minimum atomic E-state index is -0.0588. The molecule has 0 amide bonds. The number of hydrogen-bond donors (Lipinski definition) is 2. The summed E-state index contributed by atoms with van der Waals surface area (Å²) in [5.74, 6) is 0.873. The Labute approximate surface area is 114 Å². The van der Waals surface area contributed by atoms with Crippen LogP contribution in [0.3, 0.4) is 0 Å². The van der Waals surface area contributed by atoms with Crippen LogP contribution in [0.2, 0.25) is 0 Å². The first-order valence-electron chi connectivity index (χ1n) is 6.36. The smallest absolute Gasteiger partial charge is 0.129 e. The van der Waals surface area contributed by atoms with E-state index in [9.17, 15) is 0 Å². The number of pyridine rings is 2. The van der Waals surface area contributed by atoms with Gasteiger partial charge >= 0.3 is 0 Å². The van der Waals surface area contributed by atoms with Crippen molar-refractivity contribution in [2.75, 3.05) is 17.6 Å². The van der Waals surface area contributed by atoms with Crippen LogP contribution in [0.1, 0.15) is 25.1 Å². The van der Waals surface area contributed by atoms with Gasteiger partial charge in [-0.15, -0.1) is 0 Å². The molecule has 0 saturated heterocycles. The zero-order valence-corrected chi connectivity index (χ0v) is 11.6. The number of hydrogen-bond acceptors (Lipinski definition) is 4. The summed E-state index contributed by atoms with van der Waals surface area (Å²) in [6.07, 6.45) is 3.49. The summed E-state index contributed by atoms with van der Waals surface area (Å²) in [6, 6.07) is 7.91. The molecule has 0 saturated carbocycles. The van der Waals surface area contributed by atoms with E-state index in [1.54, 1.807) is 6.20 Å². The molecule has 19 heavy (non-hydrogen) atoms. The van der Waals surface area contributed by atoms with E-state index in [1.807, 2.05) is 37.4 Å². The minimum absolute atomic E-state index is 0.0588. The lowest BCUT2D eigenvalue weighted by Crippen LogP contribution is -2.29. The average Bonchev–Trinajstić information content (AvgIpc) is 2.39. The van der Waals surface area contributed by atoms with Crippen molar-refractivity contribution in [1.29, 1.82) is 0 Å². The molecule has 0 atom stereocenters. The maximum atomic E-state index is 5.70. The number of anilines is 2. The molecular weight excluding hydrogens is 236 g/mol. The van der Waals surface area contributed by atoms with Gasteiger partial charge in [-0.2, -0.15) is 0 Å². The topological polar surface area (TPSA) is 63.8 Å². The van der Waals surface area contributed by atoms with Crippen molar-refractivity contribution in [1.82, 2.24) is 9.97 Å². The number of rotatable bonds is 4. The van der Waals surface area contributed by atoms with Crippen molar-refractivity contribution in [3.8, 4) is 0 Å². The summed E-state index contributed by atoms with van der Waals surface area (Å²) >= 11 is 0. The van der Waals surface area contributed by atoms with Crippen LogP contribution < -0.4 is 11.1 Å². The van der Waals surface area contributed by atoms with E-state index in [2.05, 4.69) is 29.1 Å². The minimum Gasteiger partial charge on any atom is -0.397 e. The monoisotopic (exact) mass is 256 g/mol. The Morgan fingerprint density at radius 1 is 1.26 bits per heavy atom. The van der Waals surface area contributed by atoms with Crippen LogP contribution in [0.15, 0.2) is 36.7 Å². The van der Waals surface area contributed by atoms with Crippen LogP contribution in [0.25, 0.3) is 0 Å². The molecule has 100 valence electrons. The van der Waals surface area contributed by atoms with Crippen LogP contribution in [-0.2, 0) is 5.41 Å². The fourth-order valence-corrected chi connectivity index (χ4v) is 1.94. The molecular formula is C15H20N4. The third-order valence-corrected chi connectivity index (χ3v) is 3.16. The van der Waals surface area contributed by atoms with Gasteiger partial charge in [0.15, 0.2) is 0 Å². The van der Waals surface area contributed by atoms with Gasteiger partial charge in [-0.1, -0.05) is 19.9 Å². The van der Waals surface area contributed by atoms with Gasteiger partial charge in [0.25, 0.3) is 0 Å². The quantitative estimate of drug-likeness (QED) is 0.883. The Bertz CT molecular complexity index is 549. The molecule has 2 rings (SSSR count). The van der Waals surface area contributed by atoms with E-state index >= 15 is 0 Å². The lowest BCUT2D eigenvalue weighted by atomic mass is 9.88. The summed E-state index contributed by atoms with van der Waals surface area (Å²) in [5.41, 5.74) is 8.45. The van der Waals surface area contributed by atoms with Gasteiger partial charge in [-0.25, -0.2) is 4.98 Å². The molecule has 0 spiro atoms. The third kappa shape index (κ3) is 3.22. The van der Waals surface area contributed by atoms with Gasteiger partial charge in [-0.05, 0) is 30.7 Å². The normalized spacial score (nSPS) is 11.3. The fourth-order valence-electron chi connectivity index (χ4n) is 1.94. The highest BCUT2D eigenvalue weighted by molar-refractivity contribution is 5.51. The lowest BCUT2D eigenvalue weighted by molar-refractivity contribution is 0.537. The predicted octanol–water partition coefficient (Wildman–Crippen LogP) is 2.76. The van der Waals surface area contributed by atoms with Crippen LogP contribution in [0, 0.1) is 6.92 Å². The molecule has 0 fully saturated rings. The molecule has 0 aliphatic carbocycles. The Balaban J connectivity index is 2.09. The summed E-state index contributed by atoms with van der Waals surface area (Å²) in [6.45, 7) is 7.09. The van der Waals surface area contributed by atoms with E-state index in [1.165, 1.54) is 0 Å². The van der Waals surface area contributed by atoms with Crippen molar-refractivity contribution >= 4 is 11.5 Å². The van der Waals surface area contributed by atoms with Crippen LogP contribution in [0.5, 0.6) is 0 Å². The molecule has 0 bridgehead atoms. The highest BCUT2D eigenvalue weighted by Crippen LogP contribution is 2.22. The second kappa shape index (κ2) is 5.26. The molecule has 0 radical (unpaired) electrons. The zero-order chi connectivity index (χ0) is 13.9. The van der Waals surface area contributed by atoms with Gasteiger partial charge in [0, 0.05) is 23.9 Å². The van der Waals surface area contributed by atoms with E-state index in [0.717, 1.165) is 23.6 Å². The molecule has 2 aromatic heterocycles. The zero-order valence-electron chi connectivity index (χ0n) is 11.6. The summed E-state index contributed by atoms with van der Waals surface area (Å²) in [5, 5.41) is 3.37. The molecule has 2 heterocycles. The number of nitrogens with two attached hydrogens (primary N) is 1. The number of nitrogens with one attached hydrogen (secondary N) is 1. The van der Waals surface area contributed by atoms with Crippen molar-refractivity contribution in [2.45, 2.75) is 26.2 Å². The van der Waals surface area contributed by atoms with Crippen molar-refractivity contribution < 1.29 is 0 Å². The van der Waals surface area contributed by atoms with Crippen LogP contribution >= 0.6 is 0 Å². The van der Waals surface area contributed by atoms with Crippen molar-refractivity contribution in [2.24, 2.45) is 0 Å². The Hall–Kier alpha value is -2.10. The maximum Gasteiger partial charge on any atom is 0.129 e. The Kier molecular flexibility index (Phi) is 3.69. The van der Waals surface area contributed by atoms with E-state index in [4.69, 9.17) is 5.73 Å². The summed E-state index contributed by atoms with van der Waals surface area (Å²) < 4.78 is 0. The second-order valence-corrected chi connectivity index (χ2v) is 5.39. The van der Waals surface area contributed by atoms with Gasteiger partial charge in [0.2, 0.25) is 0 Å². The first-order chi connectivity index (χ1) is 8.99. The molecule has 0 aromatic carbocycles. The third-order valence-electron chi connectivity index (χ3n) is 3.16. The standard InChI is InChI=1S/C15H20N4/c1-11-8-12(16)9-18-14(11)19-10-15(2,3)13-6-4-5-7-17-13/h4-9H,10,16H2,1-3H3,(H,18,19). The predicted molar refractivity (Wildman–Crippen MR) is 79.1 cm³/mol. The maximum absolute atomic E-state index is 5.70. The van der Waals surface area contributed by atoms with E-state index < -0.39 is 0 Å². The van der Waals surface area contributed by atoms with E-state index in [-0.39, 0.29) is 5.41 Å². The van der Waals surface area contributed by atoms with Gasteiger partial charge in [0.1, 0.15) is 5.82 Å². The molecule has 2 aromatic rings. The Morgan fingerprint density at radius 2 is 2.05 bits per heavy atom. The average molecular weight is 256 g/mol. The molecule has 3 N–H and O–H groups in total. The van der Waals surface area contributed by atoms with Crippen molar-refractivity contribution in [3.05, 3.63) is 47.9 Å². The summed E-state index contributed by atoms with van der Waals surface area (Å²) in [7, 11) is 0. The second-order valence-electron chi connectivity index (χ2n) is 5.39. The highest BCUT2D eigenvalue weighted by Gasteiger charge is 2.21. The van der Waals surface area contributed by atoms with Gasteiger partial charge in [0.05, 0.1) is 11.9 Å². The lowest BCUT2D eigenvalue weighted by Gasteiger charge is -2.25. The SMILES string of the molecule is Cc1cc(N)cnc1NCC(C)(C)c1ccccn1. The van der Waals surface area contributed by atoms with Crippen molar-refractivity contribution in [3.63, 3.8) is 0 Å². The van der Waals surface area contributed by atoms with Gasteiger partial charge in [-0.3, -0.25) is 4.98 Å². The highest BCUT2D eigenvalue weighted by atomic mass is 15.0. The van der Waals surface area contributed by atoms with Crippen LogP contribution in [-0.4, -0.2) is 16.5 Å². The number of aromatic nitrogens is 2. The molecule has 4 heteroatoms. The first kappa shape index (κ1) is 13.3. The molecule has 0 unspecified atom stereocenters. The number of nitrogen functional groups attached to an aromatic ring is 1. The largest absolute Gasteiger partial charge is 0.397 e. The molecule has 4 nitrogen and oxygen atoms in total. The first-order valence-corrected chi connectivity index (χ1v) is 6.36. The molecule has 0 aliphatic rings. The van der Waals surface area contributed by atoms with E-state index in [0.29, 0.717) is 5.69 Å². The molecule has 0 aliphatic heterocycles.